The topological polar surface area (TPSA) is 95.8 Å². The van der Waals surface area contributed by atoms with Gasteiger partial charge in [-0.05, 0) is 24.3 Å². The highest BCUT2D eigenvalue weighted by molar-refractivity contribution is 6.35. The number of nitrogens with zero attached hydrogens (tertiary/aromatic N) is 3. The number of hydrogen-bond donors (Lipinski definition) is 1. The molecule has 0 bridgehead atoms. The molecular formula is C22H24Cl2N4O4. The van der Waals surface area contributed by atoms with E-state index in [1.54, 1.807) is 12.1 Å². The van der Waals surface area contributed by atoms with Crippen LogP contribution in [-0.4, -0.2) is 47.8 Å². The molecule has 2 aromatic rings. The van der Waals surface area contributed by atoms with Crippen molar-refractivity contribution < 1.29 is 14.5 Å². The fraction of sp³-hybridized carbons (Fsp3) is 0.364. The van der Waals surface area contributed by atoms with Gasteiger partial charge in [0.25, 0.3) is 11.6 Å². The van der Waals surface area contributed by atoms with E-state index in [9.17, 15) is 19.7 Å². The van der Waals surface area contributed by atoms with Gasteiger partial charge in [0, 0.05) is 49.4 Å². The normalized spacial score (nSPS) is 14.3. The van der Waals surface area contributed by atoms with Crippen LogP contribution >= 0.6 is 23.2 Å². The summed E-state index contributed by atoms with van der Waals surface area (Å²) in [5.41, 5.74) is 0.813. The van der Waals surface area contributed by atoms with Crippen LogP contribution in [0.1, 0.15) is 31.1 Å². The van der Waals surface area contributed by atoms with E-state index >= 15 is 0 Å². The average molecular weight is 479 g/mol. The minimum Gasteiger partial charge on any atom is -0.367 e. The zero-order chi connectivity index (χ0) is 23.6. The van der Waals surface area contributed by atoms with Gasteiger partial charge in [0.1, 0.15) is 0 Å². The number of amides is 2. The molecule has 3 rings (SSSR count). The fourth-order valence-electron chi connectivity index (χ4n) is 3.47. The summed E-state index contributed by atoms with van der Waals surface area (Å²) in [5, 5.41) is 14.0. The Balaban J connectivity index is 1.67. The number of nitro groups is 1. The smallest absolute Gasteiger partial charge is 0.270 e. The standard InChI is InChI=1S/C22H24Cl2N4O4/c1-22(2,3)21(30)27-10-8-26(9-11-27)19-7-4-14(12-18(19)24)25-20(29)16-6-5-15(28(31)32)13-17(16)23/h4-7,12-13H,8-11H2,1-3H3,(H,25,29). The Hall–Kier alpha value is -2.84. The molecule has 0 radical (unpaired) electrons. The minimum absolute atomic E-state index is 0.0120. The van der Waals surface area contributed by atoms with Crippen LogP contribution in [0.4, 0.5) is 17.1 Å². The first kappa shape index (κ1) is 23.8. The van der Waals surface area contributed by atoms with Gasteiger partial charge in [-0.15, -0.1) is 0 Å². The van der Waals surface area contributed by atoms with Crippen molar-refractivity contribution in [1.82, 2.24) is 4.90 Å². The first-order valence-electron chi connectivity index (χ1n) is 10.1. The maximum Gasteiger partial charge on any atom is 0.270 e. The number of carbonyl (C=O) groups is 2. The lowest BCUT2D eigenvalue weighted by Crippen LogP contribution is -2.51. The third-order valence-electron chi connectivity index (χ3n) is 5.16. The summed E-state index contributed by atoms with van der Waals surface area (Å²) in [6.45, 7) is 8.28. The summed E-state index contributed by atoms with van der Waals surface area (Å²) >= 11 is 12.5. The van der Waals surface area contributed by atoms with E-state index in [0.29, 0.717) is 36.9 Å². The highest BCUT2D eigenvalue weighted by atomic mass is 35.5. The summed E-state index contributed by atoms with van der Waals surface area (Å²) in [6, 6.07) is 8.85. The summed E-state index contributed by atoms with van der Waals surface area (Å²) < 4.78 is 0. The van der Waals surface area contributed by atoms with Crippen LogP contribution in [0.15, 0.2) is 36.4 Å². The molecule has 0 saturated carbocycles. The summed E-state index contributed by atoms with van der Waals surface area (Å²) in [6.07, 6.45) is 0. The van der Waals surface area contributed by atoms with E-state index in [0.717, 1.165) is 11.8 Å². The maximum absolute atomic E-state index is 12.5. The van der Waals surface area contributed by atoms with Gasteiger partial charge >= 0.3 is 0 Å². The summed E-state index contributed by atoms with van der Waals surface area (Å²) in [7, 11) is 0. The van der Waals surface area contributed by atoms with Crippen molar-refractivity contribution in [2.45, 2.75) is 20.8 Å². The molecule has 8 nitrogen and oxygen atoms in total. The predicted octanol–water partition coefficient (Wildman–Crippen LogP) is 4.85. The minimum atomic E-state index is -0.578. The Morgan fingerprint density at radius 3 is 2.19 bits per heavy atom. The fourth-order valence-corrected chi connectivity index (χ4v) is 4.03. The van der Waals surface area contributed by atoms with E-state index in [4.69, 9.17) is 23.2 Å². The van der Waals surface area contributed by atoms with Gasteiger partial charge in [0.2, 0.25) is 5.91 Å². The lowest BCUT2D eigenvalue weighted by molar-refractivity contribution is -0.384. The van der Waals surface area contributed by atoms with Crippen LogP contribution in [0, 0.1) is 15.5 Å². The number of anilines is 2. The van der Waals surface area contributed by atoms with Gasteiger partial charge in [0.05, 0.1) is 26.2 Å². The number of nitrogens with one attached hydrogen (secondary N) is 1. The molecule has 0 unspecified atom stereocenters. The van der Waals surface area contributed by atoms with Crippen molar-refractivity contribution >= 4 is 52.1 Å². The molecule has 2 aromatic carbocycles. The lowest BCUT2D eigenvalue weighted by Gasteiger charge is -2.39. The molecule has 0 aliphatic carbocycles. The largest absolute Gasteiger partial charge is 0.367 e. The number of non-ortho nitro benzene ring substituents is 1. The Morgan fingerprint density at radius 1 is 1.00 bits per heavy atom. The van der Waals surface area contributed by atoms with Crippen LogP contribution in [0.25, 0.3) is 0 Å². The number of halogens is 2. The van der Waals surface area contributed by atoms with Crippen LogP contribution in [-0.2, 0) is 4.79 Å². The van der Waals surface area contributed by atoms with E-state index in [-0.39, 0.29) is 22.2 Å². The van der Waals surface area contributed by atoms with Gasteiger partial charge < -0.3 is 15.1 Å². The summed E-state index contributed by atoms with van der Waals surface area (Å²) in [4.78, 5) is 39.2. The molecule has 1 fully saturated rings. The van der Waals surface area contributed by atoms with Crippen LogP contribution < -0.4 is 10.2 Å². The van der Waals surface area contributed by atoms with E-state index in [2.05, 4.69) is 10.2 Å². The molecule has 0 spiro atoms. The molecule has 1 N–H and O–H groups in total. The van der Waals surface area contributed by atoms with Gasteiger partial charge in [-0.1, -0.05) is 44.0 Å². The number of piperazine rings is 1. The van der Waals surface area contributed by atoms with Crippen LogP contribution in [0.5, 0.6) is 0 Å². The second-order valence-electron chi connectivity index (χ2n) is 8.57. The second-order valence-corrected chi connectivity index (χ2v) is 9.39. The van der Waals surface area contributed by atoms with Crippen molar-refractivity contribution in [3.8, 4) is 0 Å². The predicted molar refractivity (Wildman–Crippen MR) is 126 cm³/mol. The van der Waals surface area contributed by atoms with E-state index in [1.807, 2.05) is 31.7 Å². The SMILES string of the molecule is CC(C)(C)C(=O)N1CCN(c2ccc(NC(=O)c3ccc([N+](=O)[O-])cc3Cl)cc2Cl)CC1. The molecule has 0 aromatic heterocycles. The molecule has 1 saturated heterocycles. The van der Waals surface area contributed by atoms with E-state index < -0.39 is 16.2 Å². The molecule has 32 heavy (non-hydrogen) atoms. The molecule has 10 heteroatoms. The van der Waals surface area contributed by atoms with Crippen molar-refractivity contribution in [3.05, 3.63) is 62.1 Å². The van der Waals surface area contributed by atoms with E-state index in [1.165, 1.54) is 12.1 Å². The Labute approximate surface area is 196 Å². The average Bonchev–Trinajstić information content (AvgIpc) is 2.72. The maximum atomic E-state index is 12.5. The number of carbonyl (C=O) groups excluding carboxylic acids is 2. The molecule has 1 aliphatic rings. The highest BCUT2D eigenvalue weighted by Crippen LogP contribution is 2.31. The molecule has 1 heterocycles. The third-order valence-corrected chi connectivity index (χ3v) is 5.78. The Morgan fingerprint density at radius 2 is 1.66 bits per heavy atom. The Kier molecular flexibility index (Phi) is 6.95. The van der Waals surface area contributed by atoms with Gasteiger partial charge in [-0.25, -0.2) is 0 Å². The van der Waals surface area contributed by atoms with Gasteiger partial charge in [-0.3, -0.25) is 19.7 Å². The molecule has 1 aliphatic heterocycles. The van der Waals surface area contributed by atoms with Gasteiger partial charge in [-0.2, -0.15) is 0 Å². The first-order valence-corrected chi connectivity index (χ1v) is 10.8. The monoisotopic (exact) mass is 478 g/mol. The molecule has 0 atom stereocenters. The molecular weight excluding hydrogens is 455 g/mol. The van der Waals surface area contributed by atoms with Crippen molar-refractivity contribution in [2.24, 2.45) is 5.41 Å². The zero-order valence-electron chi connectivity index (χ0n) is 18.0. The zero-order valence-corrected chi connectivity index (χ0v) is 19.5. The highest BCUT2D eigenvalue weighted by Gasteiger charge is 2.30. The number of nitro benzene ring substituents is 1. The quantitative estimate of drug-likeness (QED) is 0.500. The van der Waals surface area contributed by atoms with Crippen molar-refractivity contribution in [3.63, 3.8) is 0 Å². The number of hydrogen-bond acceptors (Lipinski definition) is 5. The molecule has 2 amide bonds. The summed E-state index contributed by atoms with van der Waals surface area (Å²) in [5.74, 6) is -0.366. The first-order chi connectivity index (χ1) is 15.0. The third kappa shape index (κ3) is 5.31. The van der Waals surface area contributed by atoms with Crippen molar-refractivity contribution in [1.29, 1.82) is 0 Å². The van der Waals surface area contributed by atoms with Crippen LogP contribution in [0.2, 0.25) is 10.0 Å². The van der Waals surface area contributed by atoms with Crippen molar-refractivity contribution in [2.75, 3.05) is 36.4 Å². The lowest BCUT2D eigenvalue weighted by atomic mass is 9.94. The number of benzene rings is 2. The second kappa shape index (κ2) is 9.34. The number of rotatable bonds is 4. The Bertz CT molecular complexity index is 1060. The van der Waals surface area contributed by atoms with Crippen LogP contribution in [0.3, 0.4) is 0 Å². The van der Waals surface area contributed by atoms with Gasteiger partial charge in [0.15, 0.2) is 0 Å². The molecule has 170 valence electrons.